The molecule has 0 saturated heterocycles. The van der Waals surface area contributed by atoms with Crippen LogP contribution in [0, 0.1) is 0 Å². The lowest BCUT2D eigenvalue weighted by Crippen LogP contribution is -2.29. The molecule has 2 N–H and O–H groups in total. The van der Waals surface area contributed by atoms with E-state index >= 15 is 0 Å². The van der Waals surface area contributed by atoms with Crippen LogP contribution in [-0.2, 0) is 4.74 Å². The molecule has 0 amide bonds. The van der Waals surface area contributed by atoms with E-state index in [1.54, 1.807) is 6.92 Å². The molecule has 0 aliphatic carbocycles. The minimum absolute atomic E-state index is 0.0463. The molecule has 2 heterocycles. The zero-order valence-corrected chi connectivity index (χ0v) is 9.14. The van der Waals surface area contributed by atoms with E-state index in [1.807, 2.05) is 0 Å². The molecule has 6 nitrogen and oxygen atoms in total. The van der Waals surface area contributed by atoms with E-state index in [4.69, 9.17) is 4.74 Å². The van der Waals surface area contributed by atoms with Crippen molar-refractivity contribution in [1.29, 1.82) is 0 Å². The Morgan fingerprint density at radius 2 is 2.35 bits per heavy atom. The number of hydrogen-bond donors (Lipinski definition) is 2. The summed E-state index contributed by atoms with van der Waals surface area (Å²) in [6.07, 6.45) is 3.93. The number of aromatic nitrogens is 2. The average molecular weight is 235 g/mol. The highest BCUT2D eigenvalue weighted by atomic mass is 16.5. The molecule has 6 heteroatoms. The first-order valence-corrected chi connectivity index (χ1v) is 5.06. The van der Waals surface area contributed by atoms with Gasteiger partial charge in [-0.25, -0.2) is 4.79 Å². The second kappa shape index (κ2) is 4.25. The number of nitrogens with one attached hydrogen (secondary N) is 1. The SMILES string of the molecule is CCOC(=O)c1c[nH]c2c[n+](O)ccc2c1=O. The predicted octanol–water partition coefficient (Wildman–Crippen LogP) is 0.230. The van der Waals surface area contributed by atoms with Gasteiger partial charge in [-0.1, -0.05) is 0 Å². The fourth-order valence-corrected chi connectivity index (χ4v) is 1.52. The van der Waals surface area contributed by atoms with E-state index in [2.05, 4.69) is 4.98 Å². The second-order valence-electron chi connectivity index (χ2n) is 3.40. The van der Waals surface area contributed by atoms with Gasteiger partial charge in [0.15, 0.2) is 0 Å². The standard InChI is InChI=1S/C11H10N2O4/c1-2-17-11(15)8-5-12-9-6-13(16)4-3-7(9)10(8)14/h3-6H,2H2,1H3,(H-,12,14,15,16)/p+1. The number of nitrogens with zero attached hydrogens (tertiary/aromatic N) is 1. The number of ether oxygens (including phenoxy) is 1. The Labute approximate surface area is 96.0 Å². The summed E-state index contributed by atoms with van der Waals surface area (Å²) in [7, 11) is 0. The van der Waals surface area contributed by atoms with Crippen molar-refractivity contribution < 1.29 is 19.5 Å². The fourth-order valence-electron chi connectivity index (χ4n) is 1.52. The number of rotatable bonds is 2. The molecule has 2 aromatic rings. The molecule has 17 heavy (non-hydrogen) atoms. The third-order valence-electron chi connectivity index (χ3n) is 2.30. The van der Waals surface area contributed by atoms with Crippen LogP contribution in [0.5, 0.6) is 0 Å². The molecule has 0 radical (unpaired) electrons. The van der Waals surface area contributed by atoms with Crippen molar-refractivity contribution in [2.75, 3.05) is 6.61 Å². The van der Waals surface area contributed by atoms with Crippen LogP contribution in [0.4, 0.5) is 0 Å². The molecule has 88 valence electrons. The highest BCUT2D eigenvalue weighted by molar-refractivity contribution is 5.93. The molecule has 0 bridgehead atoms. The lowest BCUT2D eigenvalue weighted by Gasteiger charge is -2.01. The average Bonchev–Trinajstić information content (AvgIpc) is 2.29. The Bertz CT molecular complexity index is 633. The number of hydrogen-bond acceptors (Lipinski definition) is 4. The van der Waals surface area contributed by atoms with Gasteiger partial charge in [0.05, 0.1) is 12.0 Å². The first-order valence-electron chi connectivity index (χ1n) is 5.06. The zero-order valence-electron chi connectivity index (χ0n) is 9.14. The van der Waals surface area contributed by atoms with Gasteiger partial charge in [-0.15, -0.1) is 0 Å². The zero-order chi connectivity index (χ0) is 12.4. The highest BCUT2D eigenvalue weighted by Crippen LogP contribution is 2.05. The summed E-state index contributed by atoms with van der Waals surface area (Å²) in [5.74, 6) is -0.656. The maximum atomic E-state index is 11.9. The van der Waals surface area contributed by atoms with Crippen LogP contribution in [0.1, 0.15) is 17.3 Å². The summed E-state index contributed by atoms with van der Waals surface area (Å²) >= 11 is 0. The van der Waals surface area contributed by atoms with Gasteiger partial charge in [-0.05, 0) is 6.92 Å². The summed E-state index contributed by atoms with van der Waals surface area (Å²) in [6.45, 7) is 1.88. The van der Waals surface area contributed by atoms with Crippen molar-refractivity contribution in [1.82, 2.24) is 4.98 Å². The fraction of sp³-hybridized carbons (Fsp3) is 0.182. The first-order chi connectivity index (χ1) is 8.13. The minimum atomic E-state index is -0.656. The number of aromatic amines is 1. The van der Waals surface area contributed by atoms with Crippen molar-refractivity contribution in [2.24, 2.45) is 0 Å². The van der Waals surface area contributed by atoms with Gasteiger partial charge in [-0.2, -0.15) is 0 Å². The van der Waals surface area contributed by atoms with Gasteiger partial charge in [0.25, 0.3) is 0 Å². The molecule has 0 aliphatic rings. The Balaban J connectivity index is 2.62. The van der Waals surface area contributed by atoms with E-state index in [0.29, 0.717) is 10.9 Å². The predicted molar refractivity (Wildman–Crippen MR) is 57.9 cm³/mol. The molecular formula is C11H11N2O4+. The summed E-state index contributed by atoms with van der Waals surface area (Å²) in [5, 5.41) is 9.51. The van der Waals surface area contributed by atoms with E-state index in [1.165, 1.54) is 24.7 Å². The quantitative estimate of drug-likeness (QED) is 0.443. The lowest BCUT2D eigenvalue weighted by atomic mass is 10.2. The van der Waals surface area contributed by atoms with Crippen molar-refractivity contribution >= 4 is 16.9 Å². The van der Waals surface area contributed by atoms with Crippen LogP contribution < -0.4 is 10.2 Å². The summed E-state index contributed by atoms with van der Waals surface area (Å²) in [5.41, 5.74) is -0.0270. The number of esters is 1. The van der Waals surface area contributed by atoms with Gasteiger partial charge in [-0.3, -0.25) is 10.0 Å². The molecule has 0 saturated carbocycles. The molecule has 0 aliphatic heterocycles. The Morgan fingerprint density at radius 3 is 3.06 bits per heavy atom. The number of carbonyl (C=O) groups excluding carboxylic acids is 1. The van der Waals surface area contributed by atoms with E-state index in [9.17, 15) is 14.8 Å². The van der Waals surface area contributed by atoms with E-state index in [0.717, 1.165) is 4.73 Å². The van der Waals surface area contributed by atoms with Crippen LogP contribution in [0.25, 0.3) is 10.9 Å². The van der Waals surface area contributed by atoms with Crippen molar-refractivity contribution in [3.8, 4) is 0 Å². The van der Waals surface area contributed by atoms with E-state index < -0.39 is 11.4 Å². The topological polar surface area (TPSA) is 83.3 Å². The summed E-state index contributed by atoms with van der Waals surface area (Å²) < 4.78 is 5.59. The smallest absolute Gasteiger partial charge is 0.343 e. The van der Waals surface area contributed by atoms with Crippen LogP contribution in [-0.4, -0.2) is 22.8 Å². The third kappa shape index (κ3) is 1.96. The number of pyridine rings is 2. The highest BCUT2D eigenvalue weighted by Gasteiger charge is 2.15. The summed E-state index contributed by atoms with van der Waals surface area (Å²) in [4.78, 5) is 26.2. The van der Waals surface area contributed by atoms with Crippen LogP contribution in [0.2, 0.25) is 0 Å². The molecule has 0 atom stereocenters. The molecule has 0 unspecified atom stereocenters. The van der Waals surface area contributed by atoms with E-state index in [-0.39, 0.29) is 12.2 Å². The minimum Gasteiger partial charge on any atom is -0.462 e. The van der Waals surface area contributed by atoms with Gasteiger partial charge in [0.2, 0.25) is 17.8 Å². The maximum absolute atomic E-state index is 11.9. The van der Waals surface area contributed by atoms with Crippen LogP contribution in [0.3, 0.4) is 0 Å². The van der Waals surface area contributed by atoms with Crippen molar-refractivity contribution in [2.45, 2.75) is 6.92 Å². The van der Waals surface area contributed by atoms with Crippen molar-refractivity contribution in [3.05, 3.63) is 40.4 Å². The molecule has 2 rings (SSSR count). The number of H-pyrrole nitrogens is 1. The van der Waals surface area contributed by atoms with Crippen LogP contribution >= 0.6 is 0 Å². The molecule has 0 fully saturated rings. The second-order valence-corrected chi connectivity index (χ2v) is 3.40. The van der Waals surface area contributed by atoms with Gasteiger partial charge < -0.3 is 9.72 Å². The third-order valence-corrected chi connectivity index (χ3v) is 2.30. The van der Waals surface area contributed by atoms with Crippen LogP contribution in [0.15, 0.2) is 29.5 Å². The van der Waals surface area contributed by atoms with Gasteiger partial charge in [0, 0.05) is 17.0 Å². The molecule has 2 aromatic heterocycles. The number of fused-ring (bicyclic) bond motifs is 1. The molecular weight excluding hydrogens is 224 g/mol. The summed E-state index contributed by atoms with van der Waals surface area (Å²) in [6, 6.07) is 1.43. The van der Waals surface area contributed by atoms with Gasteiger partial charge in [0.1, 0.15) is 11.1 Å². The Morgan fingerprint density at radius 1 is 1.59 bits per heavy atom. The van der Waals surface area contributed by atoms with Crippen molar-refractivity contribution in [3.63, 3.8) is 0 Å². The molecule has 0 spiro atoms. The largest absolute Gasteiger partial charge is 0.462 e. The lowest BCUT2D eigenvalue weighted by molar-refractivity contribution is -0.904. The monoisotopic (exact) mass is 235 g/mol. The first kappa shape index (κ1) is 11.1. The molecule has 0 aromatic carbocycles. The Hall–Kier alpha value is -2.37. The normalized spacial score (nSPS) is 10.4. The van der Waals surface area contributed by atoms with Gasteiger partial charge >= 0.3 is 5.97 Å². The number of carbonyl (C=O) groups is 1. The maximum Gasteiger partial charge on any atom is 0.343 e. The Kier molecular flexibility index (Phi) is 2.78.